The summed E-state index contributed by atoms with van der Waals surface area (Å²) in [6, 6.07) is 10.5. The van der Waals surface area contributed by atoms with E-state index in [9.17, 15) is 0 Å². The molecule has 4 heteroatoms. The molecule has 4 nitrogen and oxygen atoms in total. The highest BCUT2D eigenvalue weighted by Gasteiger charge is 2.27. The lowest BCUT2D eigenvalue weighted by Crippen LogP contribution is -2.03. The van der Waals surface area contributed by atoms with Crippen molar-refractivity contribution >= 4 is 17.3 Å². The molecule has 21 heavy (non-hydrogen) atoms. The van der Waals surface area contributed by atoms with Crippen molar-refractivity contribution in [2.24, 2.45) is 0 Å². The Labute approximate surface area is 126 Å². The average Bonchev–Trinajstić information content (AvgIpc) is 3.34. The molecule has 0 bridgehead atoms. The van der Waals surface area contributed by atoms with E-state index in [0.717, 1.165) is 29.6 Å². The molecule has 2 N–H and O–H groups in total. The van der Waals surface area contributed by atoms with Gasteiger partial charge in [0.2, 0.25) is 0 Å². The summed E-state index contributed by atoms with van der Waals surface area (Å²) in [5.41, 5.74) is 2.44. The van der Waals surface area contributed by atoms with Crippen molar-refractivity contribution in [2.45, 2.75) is 38.5 Å². The van der Waals surface area contributed by atoms with Gasteiger partial charge < -0.3 is 10.6 Å². The smallest absolute Gasteiger partial charge is 0.136 e. The Morgan fingerprint density at radius 1 is 1.10 bits per heavy atom. The number of nitrogens with one attached hydrogen (secondary N) is 2. The summed E-state index contributed by atoms with van der Waals surface area (Å²) in [7, 11) is 1.89. The van der Waals surface area contributed by atoms with Crippen LogP contribution in [-0.4, -0.2) is 17.0 Å². The molecule has 3 rings (SSSR count). The maximum absolute atomic E-state index is 4.64. The molecule has 0 spiro atoms. The number of benzene rings is 1. The molecule has 1 aromatic carbocycles. The Hall–Kier alpha value is -2.10. The van der Waals surface area contributed by atoms with Crippen LogP contribution < -0.4 is 10.6 Å². The van der Waals surface area contributed by atoms with E-state index in [0.29, 0.717) is 5.92 Å². The summed E-state index contributed by atoms with van der Waals surface area (Å²) in [6.07, 6.45) is 4.72. The summed E-state index contributed by atoms with van der Waals surface area (Å²) < 4.78 is 0. The molecule has 0 unspecified atom stereocenters. The molecule has 2 aromatic rings. The van der Waals surface area contributed by atoms with Crippen molar-refractivity contribution in [3.63, 3.8) is 0 Å². The van der Waals surface area contributed by atoms with E-state index < -0.39 is 0 Å². The van der Waals surface area contributed by atoms with Crippen LogP contribution in [0.25, 0.3) is 0 Å². The predicted molar refractivity (Wildman–Crippen MR) is 87.3 cm³/mol. The lowest BCUT2D eigenvalue weighted by Gasteiger charge is -2.10. The minimum absolute atomic E-state index is 0.547. The molecule has 0 amide bonds. The third-order valence-electron chi connectivity index (χ3n) is 3.71. The second-order valence-electron chi connectivity index (χ2n) is 5.59. The molecule has 1 heterocycles. The molecule has 0 aliphatic heterocycles. The summed E-state index contributed by atoms with van der Waals surface area (Å²) in [4.78, 5) is 9.17. The predicted octanol–water partition coefficient (Wildman–Crippen LogP) is 4.09. The SMILES string of the molecule is CCCc1ccc(Nc2cc(NC)nc(C3CC3)n2)cc1. The molecule has 1 aromatic heterocycles. The second-order valence-corrected chi connectivity index (χ2v) is 5.59. The Morgan fingerprint density at radius 2 is 1.81 bits per heavy atom. The zero-order chi connectivity index (χ0) is 14.7. The Balaban J connectivity index is 1.78. The first-order valence-corrected chi connectivity index (χ1v) is 7.71. The maximum Gasteiger partial charge on any atom is 0.136 e. The molecule has 1 aliphatic rings. The maximum atomic E-state index is 4.64. The standard InChI is InChI=1S/C17H22N4/c1-3-4-12-5-9-14(10-6-12)19-16-11-15(18-2)20-17(21-16)13-7-8-13/h5-6,9-11,13H,3-4,7-8H2,1-2H3,(H2,18,19,20,21). The van der Waals surface area contributed by atoms with Gasteiger partial charge in [0, 0.05) is 24.7 Å². The molecule has 110 valence electrons. The molecule has 0 saturated heterocycles. The fourth-order valence-corrected chi connectivity index (χ4v) is 2.37. The van der Waals surface area contributed by atoms with Gasteiger partial charge in [0.05, 0.1) is 0 Å². The van der Waals surface area contributed by atoms with Crippen LogP contribution >= 0.6 is 0 Å². The van der Waals surface area contributed by atoms with Crippen LogP contribution in [-0.2, 0) is 6.42 Å². The Kier molecular flexibility index (Phi) is 4.04. The number of hydrogen-bond acceptors (Lipinski definition) is 4. The van der Waals surface area contributed by atoms with Gasteiger partial charge >= 0.3 is 0 Å². The number of anilines is 3. The summed E-state index contributed by atoms with van der Waals surface area (Å²) >= 11 is 0. The van der Waals surface area contributed by atoms with E-state index in [1.165, 1.54) is 24.8 Å². The first-order valence-electron chi connectivity index (χ1n) is 7.71. The minimum Gasteiger partial charge on any atom is -0.373 e. The fourth-order valence-electron chi connectivity index (χ4n) is 2.37. The Morgan fingerprint density at radius 3 is 2.43 bits per heavy atom. The van der Waals surface area contributed by atoms with Gasteiger partial charge in [-0.3, -0.25) is 0 Å². The first kappa shape index (κ1) is 13.9. The average molecular weight is 282 g/mol. The van der Waals surface area contributed by atoms with Gasteiger partial charge in [-0.15, -0.1) is 0 Å². The third kappa shape index (κ3) is 3.51. The number of hydrogen-bond donors (Lipinski definition) is 2. The van der Waals surface area contributed by atoms with Crippen LogP contribution in [0.5, 0.6) is 0 Å². The van der Waals surface area contributed by atoms with Crippen LogP contribution in [0.2, 0.25) is 0 Å². The van der Waals surface area contributed by atoms with E-state index in [4.69, 9.17) is 0 Å². The molecule has 1 aliphatic carbocycles. The van der Waals surface area contributed by atoms with Gasteiger partial charge in [0.1, 0.15) is 17.5 Å². The third-order valence-corrected chi connectivity index (χ3v) is 3.71. The number of rotatable bonds is 6. The van der Waals surface area contributed by atoms with Crippen molar-refractivity contribution in [1.29, 1.82) is 0 Å². The minimum atomic E-state index is 0.547. The lowest BCUT2D eigenvalue weighted by molar-refractivity contribution is 0.921. The normalized spacial score (nSPS) is 14.0. The quantitative estimate of drug-likeness (QED) is 0.837. The number of aromatic nitrogens is 2. The molecule has 1 saturated carbocycles. The summed E-state index contributed by atoms with van der Waals surface area (Å²) in [5, 5.41) is 6.49. The molecular formula is C17H22N4. The highest BCUT2D eigenvalue weighted by molar-refractivity contribution is 5.59. The van der Waals surface area contributed by atoms with E-state index in [-0.39, 0.29) is 0 Å². The highest BCUT2D eigenvalue weighted by atomic mass is 15.1. The zero-order valence-electron chi connectivity index (χ0n) is 12.7. The van der Waals surface area contributed by atoms with Gasteiger partial charge in [-0.25, -0.2) is 9.97 Å². The van der Waals surface area contributed by atoms with Crippen molar-refractivity contribution in [1.82, 2.24) is 9.97 Å². The van der Waals surface area contributed by atoms with Gasteiger partial charge in [-0.1, -0.05) is 25.5 Å². The van der Waals surface area contributed by atoms with Gasteiger partial charge in [0.25, 0.3) is 0 Å². The monoisotopic (exact) mass is 282 g/mol. The number of nitrogens with zero attached hydrogens (tertiary/aromatic N) is 2. The number of aryl methyl sites for hydroxylation is 1. The second kappa shape index (κ2) is 6.12. The van der Waals surface area contributed by atoms with Gasteiger partial charge in [-0.05, 0) is 37.0 Å². The summed E-state index contributed by atoms with van der Waals surface area (Å²) in [5.74, 6) is 3.23. The van der Waals surface area contributed by atoms with Crippen molar-refractivity contribution < 1.29 is 0 Å². The van der Waals surface area contributed by atoms with E-state index in [2.05, 4.69) is 51.8 Å². The van der Waals surface area contributed by atoms with Gasteiger partial charge in [-0.2, -0.15) is 0 Å². The van der Waals surface area contributed by atoms with Crippen molar-refractivity contribution in [2.75, 3.05) is 17.7 Å². The molecular weight excluding hydrogens is 260 g/mol. The summed E-state index contributed by atoms with van der Waals surface area (Å²) in [6.45, 7) is 2.20. The van der Waals surface area contributed by atoms with Crippen molar-refractivity contribution in [3.8, 4) is 0 Å². The van der Waals surface area contributed by atoms with E-state index in [1.54, 1.807) is 0 Å². The van der Waals surface area contributed by atoms with E-state index >= 15 is 0 Å². The highest BCUT2D eigenvalue weighted by Crippen LogP contribution is 2.39. The van der Waals surface area contributed by atoms with Crippen LogP contribution in [0.4, 0.5) is 17.3 Å². The Bertz CT molecular complexity index is 603. The zero-order valence-corrected chi connectivity index (χ0v) is 12.7. The molecule has 0 atom stereocenters. The lowest BCUT2D eigenvalue weighted by atomic mass is 10.1. The molecule has 0 radical (unpaired) electrons. The van der Waals surface area contributed by atoms with Crippen molar-refractivity contribution in [3.05, 3.63) is 41.7 Å². The van der Waals surface area contributed by atoms with Crippen LogP contribution in [0.15, 0.2) is 30.3 Å². The van der Waals surface area contributed by atoms with Crippen LogP contribution in [0.1, 0.15) is 43.5 Å². The van der Waals surface area contributed by atoms with E-state index in [1.807, 2.05) is 13.1 Å². The topological polar surface area (TPSA) is 49.8 Å². The largest absolute Gasteiger partial charge is 0.373 e. The van der Waals surface area contributed by atoms with Gasteiger partial charge in [0.15, 0.2) is 0 Å². The molecule has 1 fully saturated rings. The van der Waals surface area contributed by atoms with Crippen LogP contribution in [0, 0.1) is 0 Å². The van der Waals surface area contributed by atoms with Crippen LogP contribution in [0.3, 0.4) is 0 Å². The fraction of sp³-hybridized carbons (Fsp3) is 0.412. The first-order chi connectivity index (χ1) is 10.3.